The van der Waals surface area contributed by atoms with Crippen molar-refractivity contribution >= 4 is 5.91 Å². The lowest BCUT2D eigenvalue weighted by Crippen LogP contribution is -2.39. The van der Waals surface area contributed by atoms with E-state index >= 15 is 0 Å². The first kappa shape index (κ1) is 13.5. The van der Waals surface area contributed by atoms with Crippen LogP contribution in [0.5, 0.6) is 5.75 Å². The van der Waals surface area contributed by atoms with Gasteiger partial charge in [-0.25, -0.2) is 0 Å². The molecule has 1 N–H and O–H groups in total. The maximum absolute atomic E-state index is 12.7. The van der Waals surface area contributed by atoms with E-state index in [0.29, 0.717) is 18.2 Å². The van der Waals surface area contributed by atoms with E-state index in [2.05, 4.69) is 0 Å². The highest BCUT2D eigenvalue weighted by atomic mass is 16.3. The summed E-state index contributed by atoms with van der Waals surface area (Å²) in [6.45, 7) is 1.49. The minimum absolute atomic E-state index is 0.233. The van der Waals surface area contributed by atoms with Gasteiger partial charge in [-0.2, -0.15) is 0 Å². The number of nitrogens with zero attached hydrogens (tertiary/aromatic N) is 1. The molecule has 1 saturated carbocycles. The lowest BCUT2D eigenvalue weighted by atomic mass is 9.95. The highest BCUT2D eigenvalue weighted by Crippen LogP contribution is 2.28. The van der Waals surface area contributed by atoms with Gasteiger partial charge in [0.15, 0.2) is 0 Å². The molecule has 0 unspecified atom stereocenters. The lowest BCUT2D eigenvalue weighted by molar-refractivity contribution is -0.136. The molecule has 1 fully saturated rings. The van der Waals surface area contributed by atoms with Gasteiger partial charge >= 0.3 is 0 Å². The van der Waals surface area contributed by atoms with Crippen molar-refractivity contribution in [1.29, 1.82) is 0 Å². The molecular weight excluding hydrogens is 250 g/mol. The predicted molar refractivity (Wildman–Crippen MR) is 78.4 cm³/mol. The molecule has 3 rings (SSSR count). The quantitative estimate of drug-likeness (QED) is 0.798. The number of phenols is 1. The zero-order valence-corrected chi connectivity index (χ0v) is 12.0. The van der Waals surface area contributed by atoms with Gasteiger partial charge in [0.1, 0.15) is 5.75 Å². The monoisotopic (exact) mass is 273 g/mol. The number of aromatic hydroxyl groups is 1. The van der Waals surface area contributed by atoms with Crippen LogP contribution in [-0.4, -0.2) is 22.5 Å². The van der Waals surface area contributed by atoms with E-state index in [-0.39, 0.29) is 5.92 Å². The average molecular weight is 273 g/mol. The number of benzene rings is 1. The summed E-state index contributed by atoms with van der Waals surface area (Å²) in [7, 11) is 0. The Bertz CT molecular complexity index is 490. The second-order valence-electron chi connectivity index (χ2n) is 6.15. The number of carbonyl (C=O) groups excluding carboxylic acids is 1. The molecule has 0 atom stereocenters. The summed E-state index contributed by atoms with van der Waals surface area (Å²) in [5, 5.41) is 9.60. The van der Waals surface area contributed by atoms with Crippen molar-refractivity contribution < 1.29 is 9.90 Å². The molecule has 1 aliphatic heterocycles. The van der Waals surface area contributed by atoms with Gasteiger partial charge in [-0.05, 0) is 42.5 Å². The minimum Gasteiger partial charge on any atom is -0.508 e. The fourth-order valence-corrected chi connectivity index (χ4v) is 3.52. The Hall–Kier alpha value is -1.51. The van der Waals surface area contributed by atoms with Crippen LogP contribution in [0.3, 0.4) is 0 Å². The topological polar surface area (TPSA) is 40.5 Å². The van der Waals surface area contributed by atoms with Crippen LogP contribution in [0, 0.1) is 5.92 Å². The van der Waals surface area contributed by atoms with Crippen LogP contribution in [0.1, 0.15) is 49.7 Å². The van der Waals surface area contributed by atoms with E-state index in [1.807, 2.05) is 17.0 Å². The van der Waals surface area contributed by atoms with Crippen molar-refractivity contribution in [2.75, 3.05) is 6.54 Å². The number of phenolic OH excluding ortho intramolecular Hbond substituents is 1. The molecule has 1 aliphatic carbocycles. The van der Waals surface area contributed by atoms with Crippen LogP contribution < -0.4 is 0 Å². The molecule has 1 heterocycles. The Labute approximate surface area is 120 Å². The van der Waals surface area contributed by atoms with Gasteiger partial charge in [-0.3, -0.25) is 4.79 Å². The predicted octanol–water partition coefficient (Wildman–Crippen LogP) is 3.25. The van der Waals surface area contributed by atoms with E-state index < -0.39 is 0 Å². The Balaban J connectivity index is 1.70. The Morgan fingerprint density at radius 3 is 2.60 bits per heavy atom. The summed E-state index contributed by atoms with van der Waals surface area (Å²) in [6.07, 6.45) is 7.97. The normalized spacial score (nSPS) is 20.3. The van der Waals surface area contributed by atoms with E-state index in [4.69, 9.17) is 0 Å². The van der Waals surface area contributed by atoms with Crippen LogP contribution in [0.4, 0.5) is 0 Å². The standard InChI is InChI=1S/C17H23NO2/c19-16-8-7-13-9-10-18(12-15(13)11-16)17(20)14-5-3-1-2-4-6-14/h7-8,11,14,19H,1-6,9-10,12H2. The molecule has 0 saturated heterocycles. The minimum atomic E-state index is 0.233. The molecule has 20 heavy (non-hydrogen) atoms. The Morgan fingerprint density at radius 2 is 1.85 bits per heavy atom. The van der Waals surface area contributed by atoms with E-state index in [0.717, 1.165) is 31.4 Å². The van der Waals surface area contributed by atoms with E-state index in [9.17, 15) is 9.90 Å². The third-order valence-electron chi connectivity index (χ3n) is 4.72. The number of hydrogen-bond acceptors (Lipinski definition) is 2. The number of fused-ring (bicyclic) bond motifs is 1. The van der Waals surface area contributed by atoms with Gasteiger partial charge in [-0.15, -0.1) is 0 Å². The van der Waals surface area contributed by atoms with Crippen molar-refractivity contribution in [3.05, 3.63) is 29.3 Å². The molecule has 0 spiro atoms. The smallest absolute Gasteiger partial charge is 0.225 e. The molecule has 108 valence electrons. The molecule has 0 bridgehead atoms. The zero-order valence-electron chi connectivity index (χ0n) is 12.0. The van der Waals surface area contributed by atoms with Crippen LogP contribution in [-0.2, 0) is 17.8 Å². The van der Waals surface area contributed by atoms with Crippen LogP contribution >= 0.6 is 0 Å². The van der Waals surface area contributed by atoms with Crippen molar-refractivity contribution in [1.82, 2.24) is 4.90 Å². The van der Waals surface area contributed by atoms with Gasteiger partial charge in [0, 0.05) is 19.0 Å². The molecule has 0 radical (unpaired) electrons. The lowest BCUT2D eigenvalue weighted by Gasteiger charge is -2.31. The number of amides is 1. The summed E-state index contributed by atoms with van der Waals surface area (Å²) in [5.74, 6) is 0.866. The molecule has 2 aliphatic rings. The summed E-state index contributed by atoms with van der Waals surface area (Å²) >= 11 is 0. The highest BCUT2D eigenvalue weighted by Gasteiger charge is 2.27. The first-order chi connectivity index (χ1) is 9.74. The third-order valence-corrected chi connectivity index (χ3v) is 4.72. The largest absolute Gasteiger partial charge is 0.508 e. The molecule has 1 amide bonds. The molecule has 1 aromatic rings. The van der Waals surface area contributed by atoms with E-state index in [1.165, 1.54) is 31.2 Å². The fourth-order valence-electron chi connectivity index (χ4n) is 3.52. The van der Waals surface area contributed by atoms with Gasteiger partial charge in [-0.1, -0.05) is 31.7 Å². The van der Waals surface area contributed by atoms with Crippen LogP contribution in [0.15, 0.2) is 18.2 Å². The summed E-state index contributed by atoms with van der Waals surface area (Å²) in [5.41, 5.74) is 2.38. The van der Waals surface area contributed by atoms with Crippen molar-refractivity contribution in [2.24, 2.45) is 5.92 Å². The van der Waals surface area contributed by atoms with Crippen molar-refractivity contribution in [3.8, 4) is 5.75 Å². The van der Waals surface area contributed by atoms with E-state index in [1.54, 1.807) is 6.07 Å². The SMILES string of the molecule is O=C(C1CCCCCC1)N1CCc2ccc(O)cc2C1. The molecule has 0 aromatic heterocycles. The van der Waals surface area contributed by atoms with Crippen LogP contribution in [0.2, 0.25) is 0 Å². The number of carbonyl (C=O) groups is 1. The molecule has 3 heteroatoms. The zero-order chi connectivity index (χ0) is 13.9. The summed E-state index contributed by atoms with van der Waals surface area (Å²) < 4.78 is 0. The molecule has 3 nitrogen and oxygen atoms in total. The molecular formula is C17H23NO2. The number of hydrogen-bond donors (Lipinski definition) is 1. The van der Waals surface area contributed by atoms with Crippen molar-refractivity contribution in [2.45, 2.75) is 51.5 Å². The maximum Gasteiger partial charge on any atom is 0.225 e. The van der Waals surface area contributed by atoms with Gasteiger partial charge in [0.2, 0.25) is 5.91 Å². The summed E-state index contributed by atoms with van der Waals surface area (Å²) in [6, 6.07) is 5.53. The number of rotatable bonds is 1. The van der Waals surface area contributed by atoms with Crippen molar-refractivity contribution in [3.63, 3.8) is 0 Å². The third kappa shape index (κ3) is 2.82. The fraction of sp³-hybridized carbons (Fsp3) is 0.588. The first-order valence-corrected chi connectivity index (χ1v) is 7.83. The highest BCUT2D eigenvalue weighted by molar-refractivity contribution is 5.79. The molecule has 1 aromatic carbocycles. The second kappa shape index (κ2) is 5.86. The van der Waals surface area contributed by atoms with Crippen LogP contribution in [0.25, 0.3) is 0 Å². The summed E-state index contributed by atoms with van der Waals surface area (Å²) in [4.78, 5) is 14.7. The Kier molecular flexibility index (Phi) is 3.95. The maximum atomic E-state index is 12.7. The van der Waals surface area contributed by atoms with Gasteiger partial charge < -0.3 is 10.0 Å². The first-order valence-electron chi connectivity index (χ1n) is 7.83. The van der Waals surface area contributed by atoms with Gasteiger partial charge in [0.05, 0.1) is 0 Å². The Morgan fingerprint density at radius 1 is 1.10 bits per heavy atom. The second-order valence-corrected chi connectivity index (χ2v) is 6.15. The average Bonchev–Trinajstić information content (AvgIpc) is 2.74. The van der Waals surface area contributed by atoms with Gasteiger partial charge in [0.25, 0.3) is 0 Å².